The van der Waals surface area contributed by atoms with Crippen LogP contribution in [0.1, 0.15) is 0 Å². The van der Waals surface area contributed by atoms with Crippen molar-refractivity contribution in [1.82, 2.24) is 9.13 Å². The van der Waals surface area contributed by atoms with E-state index in [2.05, 4.69) is 276 Å². The third-order valence-corrected chi connectivity index (χ3v) is 19.6. The lowest BCUT2D eigenvalue weighted by molar-refractivity contribution is 1.18. The second kappa shape index (κ2) is 15.7. The molecule has 322 valence electrons. The third-order valence-electron chi connectivity index (χ3n) is 14.8. The van der Waals surface area contributed by atoms with E-state index in [0.717, 1.165) is 5.69 Å². The van der Waals surface area contributed by atoms with E-state index in [-0.39, 0.29) is 0 Å². The lowest BCUT2D eigenvalue weighted by Gasteiger charge is -2.34. The first-order valence-electron chi connectivity index (χ1n) is 23.9. The molecule has 14 rings (SSSR count). The van der Waals surface area contributed by atoms with Gasteiger partial charge in [-0.2, -0.15) is 0 Å². The summed E-state index contributed by atoms with van der Waals surface area (Å²) in [4.78, 5) is 0. The van der Waals surface area contributed by atoms with Crippen molar-refractivity contribution in [3.63, 3.8) is 0 Å². The van der Waals surface area contributed by atoms with E-state index >= 15 is 0 Å². The largest absolute Gasteiger partial charge is 0.309 e. The van der Waals surface area contributed by atoms with E-state index in [0.29, 0.717) is 0 Å². The molecule has 0 saturated heterocycles. The van der Waals surface area contributed by atoms with E-state index in [1.54, 1.807) is 0 Å². The number of fused-ring (bicyclic) bond motifs is 12. The van der Waals surface area contributed by atoms with E-state index in [4.69, 9.17) is 0 Å². The quantitative estimate of drug-likeness (QED) is 0.0857. The van der Waals surface area contributed by atoms with Gasteiger partial charge in [0.05, 0.1) is 22.1 Å². The minimum Gasteiger partial charge on any atom is -0.309 e. The summed E-state index contributed by atoms with van der Waals surface area (Å²) in [6.45, 7) is 0. The average molecular weight is 893 g/mol. The van der Waals surface area contributed by atoms with Gasteiger partial charge in [-0.15, -0.1) is 0 Å². The van der Waals surface area contributed by atoms with Crippen LogP contribution in [0.25, 0.3) is 98.4 Å². The molecule has 0 amide bonds. The Morgan fingerprint density at radius 3 is 1.12 bits per heavy atom. The van der Waals surface area contributed by atoms with Crippen molar-refractivity contribution in [3.05, 3.63) is 267 Å². The molecule has 0 spiro atoms. The molecule has 2 heterocycles. The zero-order chi connectivity index (χ0) is 45.5. The number of benzene rings is 12. The monoisotopic (exact) mass is 892 g/mol. The first-order valence-corrected chi connectivity index (χ1v) is 25.9. The summed E-state index contributed by atoms with van der Waals surface area (Å²) in [7, 11) is -2.76. The summed E-state index contributed by atoms with van der Waals surface area (Å²) in [6.07, 6.45) is 0. The molecule has 12 aromatic carbocycles. The van der Waals surface area contributed by atoms with Crippen molar-refractivity contribution in [2.75, 3.05) is 0 Å². The summed E-state index contributed by atoms with van der Waals surface area (Å²) in [5, 5.41) is 18.1. The van der Waals surface area contributed by atoms with Crippen molar-refractivity contribution < 1.29 is 0 Å². The van der Waals surface area contributed by atoms with Gasteiger partial charge in [0.15, 0.2) is 8.07 Å². The molecule has 0 bridgehead atoms. The van der Waals surface area contributed by atoms with Gasteiger partial charge < -0.3 is 9.13 Å². The normalized spacial score (nSPS) is 12.1. The number of nitrogens with zero attached hydrogens (tertiary/aromatic N) is 2. The molecular weight excluding hydrogens is 849 g/mol. The van der Waals surface area contributed by atoms with Crippen LogP contribution in [-0.4, -0.2) is 17.2 Å². The van der Waals surface area contributed by atoms with Crippen molar-refractivity contribution in [2.45, 2.75) is 0 Å². The van der Waals surface area contributed by atoms with Gasteiger partial charge in [-0.3, -0.25) is 0 Å². The summed E-state index contributed by atoms with van der Waals surface area (Å²) in [5.74, 6) is 0. The minimum atomic E-state index is -2.76. The van der Waals surface area contributed by atoms with Crippen LogP contribution in [0.4, 0.5) is 0 Å². The zero-order valence-corrected chi connectivity index (χ0v) is 38.8. The molecule has 0 aliphatic heterocycles. The SMILES string of the molecule is c1ccc(-n2c3ccccc3c3cc(-c4ccc5c(c4)c4ccccc4n5-c4ccc5c(c4)c4ccccc4c4ccc([Si](c6ccccc6)(c6ccccc6)c6ccccc6)cc45)ccc32)cc1. The smallest absolute Gasteiger partial charge is 0.179 e. The zero-order valence-electron chi connectivity index (χ0n) is 37.8. The van der Waals surface area contributed by atoms with E-state index < -0.39 is 8.07 Å². The molecule has 14 aromatic rings. The van der Waals surface area contributed by atoms with Crippen LogP contribution in [0.15, 0.2) is 267 Å². The lowest BCUT2D eigenvalue weighted by Crippen LogP contribution is -2.74. The number of hydrogen-bond acceptors (Lipinski definition) is 0. The fourth-order valence-corrected chi connectivity index (χ4v) is 16.6. The molecule has 69 heavy (non-hydrogen) atoms. The second-order valence-electron chi connectivity index (χ2n) is 18.4. The van der Waals surface area contributed by atoms with Crippen LogP contribution in [0.3, 0.4) is 0 Å². The van der Waals surface area contributed by atoms with Gasteiger partial charge in [0.1, 0.15) is 0 Å². The fraction of sp³-hybridized carbons (Fsp3) is 0. The maximum atomic E-state index is 2.54. The third kappa shape index (κ3) is 5.97. The number of rotatable bonds is 7. The predicted molar refractivity (Wildman–Crippen MR) is 297 cm³/mol. The molecule has 2 nitrogen and oxygen atoms in total. The molecule has 0 saturated carbocycles. The number of aromatic nitrogens is 2. The van der Waals surface area contributed by atoms with Gasteiger partial charge in [-0.05, 0) is 125 Å². The van der Waals surface area contributed by atoms with Crippen LogP contribution in [0.2, 0.25) is 0 Å². The van der Waals surface area contributed by atoms with E-state index in [1.165, 1.54) is 113 Å². The highest BCUT2D eigenvalue weighted by molar-refractivity contribution is 7.20. The Labute approximate surface area is 401 Å². The van der Waals surface area contributed by atoms with E-state index in [9.17, 15) is 0 Å². The molecule has 0 radical (unpaired) electrons. The second-order valence-corrected chi connectivity index (χ2v) is 22.2. The Morgan fingerprint density at radius 2 is 0.580 bits per heavy atom. The molecule has 0 unspecified atom stereocenters. The van der Waals surface area contributed by atoms with Crippen LogP contribution in [-0.2, 0) is 0 Å². The number of hydrogen-bond donors (Lipinski definition) is 0. The van der Waals surface area contributed by atoms with Gasteiger partial charge in [0.2, 0.25) is 0 Å². The molecule has 0 aliphatic carbocycles. The highest BCUT2D eigenvalue weighted by Crippen LogP contribution is 2.41. The fourth-order valence-electron chi connectivity index (χ4n) is 11.8. The van der Waals surface area contributed by atoms with Gasteiger partial charge >= 0.3 is 0 Å². The van der Waals surface area contributed by atoms with Crippen LogP contribution < -0.4 is 20.7 Å². The van der Waals surface area contributed by atoms with Crippen LogP contribution in [0, 0.1) is 0 Å². The topological polar surface area (TPSA) is 9.86 Å². The molecular formula is C66H44N2Si. The Kier molecular flexibility index (Phi) is 8.95. The lowest BCUT2D eigenvalue weighted by atomic mass is 9.94. The van der Waals surface area contributed by atoms with Crippen molar-refractivity contribution in [2.24, 2.45) is 0 Å². The molecule has 0 N–H and O–H groups in total. The maximum absolute atomic E-state index is 2.76. The van der Waals surface area contributed by atoms with Crippen LogP contribution >= 0.6 is 0 Å². The highest BCUT2D eigenvalue weighted by Gasteiger charge is 2.41. The van der Waals surface area contributed by atoms with Gasteiger partial charge in [-0.1, -0.05) is 206 Å². The van der Waals surface area contributed by atoms with Gasteiger partial charge in [0, 0.05) is 32.9 Å². The Balaban J connectivity index is 0.964. The molecule has 0 aliphatic rings. The molecule has 3 heteroatoms. The predicted octanol–water partition coefficient (Wildman–Crippen LogP) is 14.4. The maximum Gasteiger partial charge on any atom is 0.179 e. The van der Waals surface area contributed by atoms with Gasteiger partial charge in [-0.25, -0.2) is 0 Å². The van der Waals surface area contributed by atoms with Crippen molar-refractivity contribution in [1.29, 1.82) is 0 Å². The average Bonchev–Trinajstić information content (AvgIpc) is 3.94. The Hall–Kier alpha value is -8.76. The minimum absolute atomic E-state index is 1.15. The van der Waals surface area contributed by atoms with Gasteiger partial charge in [0.25, 0.3) is 0 Å². The summed E-state index contributed by atoms with van der Waals surface area (Å²) >= 11 is 0. The highest BCUT2D eigenvalue weighted by atomic mass is 28.3. The molecule has 2 aromatic heterocycles. The molecule has 0 fully saturated rings. The summed E-state index contributed by atoms with van der Waals surface area (Å²) in [6, 6.07) is 99.6. The standard InChI is InChI=1S/C66H44N2Si/c1-5-19-47(20-6-1)67-63-31-17-15-29-57(63)61-41-45(33-39-65(61)67)46-34-40-66-62(42-46)58-30-16-18-32-64(58)68(66)48-35-37-56-59(43-48)54-28-14-13-27-53(54)55-38-36-52(44-60(55)56)69(49-21-7-2-8-22-49,50-23-9-3-10-24-50)51-25-11-4-12-26-51/h1-44H. The van der Waals surface area contributed by atoms with Crippen molar-refractivity contribution >= 4 is 105 Å². The van der Waals surface area contributed by atoms with Crippen molar-refractivity contribution in [3.8, 4) is 22.5 Å². The van der Waals surface area contributed by atoms with Crippen LogP contribution in [0.5, 0.6) is 0 Å². The first kappa shape index (κ1) is 39.4. The first-order chi connectivity index (χ1) is 34.2. The Morgan fingerprint density at radius 1 is 0.203 bits per heavy atom. The summed E-state index contributed by atoms with van der Waals surface area (Å²) in [5.41, 5.74) is 9.55. The van der Waals surface area contributed by atoms with E-state index in [1.807, 2.05) is 0 Å². The summed E-state index contributed by atoms with van der Waals surface area (Å²) < 4.78 is 4.85. The molecule has 0 atom stereocenters. The Bertz CT molecular complexity index is 4190. The number of para-hydroxylation sites is 3.